The molecule has 0 radical (unpaired) electrons. The van der Waals surface area contributed by atoms with Crippen molar-refractivity contribution in [2.45, 2.75) is 12.5 Å². The van der Waals surface area contributed by atoms with Gasteiger partial charge >= 0.3 is 0 Å². The third-order valence-electron chi connectivity index (χ3n) is 2.50. The van der Waals surface area contributed by atoms with Crippen LogP contribution in [0.3, 0.4) is 0 Å². The Bertz CT molecular complexity index is 153. The number of fused-ring (bicyclic) bond motifs is 2. The molecule has 2 aliphatic rings. The van der Waals surface area contributed by atoms with Gasteiger partial charge in [-0.15, -0.1) is 0 Å². The zero-order valence-corrected chi connectivity index (χ0v) is 6.16. The SMILES string of the molecule is NCCN1CC2C=CC1C2. The van der Waals surface area contributed by atoms with Crippen LogP contribution in [-0.2, 0) is 0 Å². The van der Waals surface area contributed by atoms with Crippen molar-refractivity contribution < 1.29 is 0 Å². The molecular weight excluding hydrogens is 124 g/mol. The average molecular weight is 138 g/mol. The van der Waals surface area contributed by atoms with Crippen LogP contribution < -0.4 is 5.73 Å². The van der Waals surface area contributed by atoms with Gasteiger partial charge in [-0.1, -0.05) is 12.2 Å². The van der Waals surface area contributed by atoms with Crippen molar-refractivity contribution in [3.63, 3.8) is 0 Å². The van der Waals surface area contributed by atoms with E-state index in [-0.39, 0.29) is 0 Å². The molecule has 1 aliphatic carbocycles. The lowest BCUT2D eigenvalue weighted by Gasteiger charge is -2.22. The Morgan fingerprint density at radius 3 is 2.90 bits per heavy atom. The standard InChI is InChI=1S/C8H14N2/c9-3-4-10-6-7-1-2-8(10)5-7/h1-2,7-8H,3-6,9H2. The summed E-state index contributed by atoms with van der Waals surface area (Å²) in [5.74, 6) is 0.844. The maximum absolute atomic E-state index is 5.47. The Morgan fingerprint density at radius 1 is 1.50 bits per heavy atom. The maximum Gasteiger partial charge on any atom is 0.0285 e. The Morgan fingerprint density at radius 2 is 2.40 bits per heavy atom. The van der Waals surface area contributed by atoms with Gasteiger partial charge in [-0.2, -0.15) is 0 Å². The third kappa shape index (κ3) is 0.879. The van der Waals surface area contributed by atoms with Gasteiger partial charge in [0.15, 0.2) is 0 Å². The summed E-state index contributed by atoms with van der Waals surface area (Å²) in [6.07, 6.45) is 6.02. The molecule has 1 heterocycles. The Hall–Kier alpha value is -0.340. The zero-order chi connectivity index (χ0) is 6.97. The van der Waals surface area contributed by atoms with Gasteiger partial charge in [-0.25, -0.2) is 0 Å². The molecule has 2 nitrogen and oxygen atoms in total. The van der Waals surface area contributed by atoms with Crippen LogP contribution in [0, 0.1) is 5.92 Å². The second-order valence-electron chi connectivity index (χ2n) is 3.23. The molecule has 2 atom stereocenters. The first-order valence-corrected chi connectivity index (χ1v) is 4.02. The first-order chi connectivity index (χ1) is 4.90. The zero-order valence-electron chi connectivity index (χ0n) is 6.16. The van der Waals surface area contributed by atoms with Crippen LogP contribution in [0.4, 0.5) is 0 Å². The van der Waals surface area contributed by atoms with Crippen LogP contribution in [0.15, 0.2) is 12.2 Å². The van der Waals surface area contributed by atoms with E-state index in [0.717, 1.165) is 25.0 Å². The van der Waals surface area contributed by atoms with Crippen molar-refractivity contribution in [2.75, 3.05) is 19.6 Å². The molecule has 2 N–H and O–H groups in total. The van der Waals surface area contributed by atoms with Gasteiger partial charge < -0.3 is 5.73 Å². The maximum atomic E-state index is 5.47. The molecule has 0 spiro atoms. The van der Waals surface area contributed by atoms with E-state index < -0.39 is 0 Å². The van der Waals surface area contributed by atoms with Crippen LogP contribution in [0.25, 0.3) is 0 Å². The van der Waals surface area contributed by atoms with E-state index in [9.17, 15) is 0 Å². The number of hydrogen-bond donors (Lipinski definition) is 1. The fraction of sp³-hybridized carbons (Fsp3) is 0.750. The van der Waals surface area contributed by atoms with Gasteiger partial charge in [0, 0.05) is 25.7 Å². The molecule has 1 saturated heterocycles. The first-order valence-electron chi connectivity index (χ1n) is 4.02. The molecule has 0 amide bonds. The van der Waals surface area contributed by atoms with Crippen molar-refractivity contribution in [3.8, 4) is 0 Å². The van der Waals surface area contributed by atoms with Crippen molar-refractivity contribution >= 4 is 0 Å². The Kier molecular flexibility index (Phi) is 1.51. The van der Waals surface area contributed by atoms with E-state index in [1.54, 1.807) is 0 Å². The summed E-state index contributed by atoms with van der Waals surface area (Å²) in [6.45, 7) is 3.13. The predicted molar refractivity (Wildman–Crippen MR) is 41.7 cm³/mol. The minimum absolute atomic E-state index is 0.730. The van der Waals surface area contributed by atoms with Crippen molar-refractivity contribution in [3.05, 3.63) is 12.2 Å². The molecule has 0 aromatic carbocycles. The molecule has 2 unspecified atom stereocenters. The van der Waals surface area contributed by atoms with Gasteiger partial charge in [-0.05, 0) is 12.3 Å². The monoisotopic (exact) mass is 138 g/mol. The fourth-order valence-electron chi connectivity index (χ4n) is 2.02. The summed E-state index contributed by atoms with van der Waals surface area (Å²) < 4.78 is 0. The quantitative estimate of drug-likeness (QED) is 0.552. The van der Waals surface area contributed by atoms with E-state index in [4.69, 9.17) is 5.73 Å². The summed E-state index contributed by atoms with van der Waals surface area (Å²) in [5, 5.41) is 0. The van der Waals surface area contributed by atoms with E-state index in [0.29, 0.717) is 0 Å². The highest BCUT2D eigenvalue weighted by molar-refractivity contribution is 5.12. The van der Waals surface area contributed by atoms with Crippen molar-refractivity contribution in [2.24, 2.45) is 11.7 Å². The largest absolute Gasteiger partial charge is 0.329 e. The van der Waals surface area contributed by atoms with Gasteiger partial charge in [0.1, 0.15) is 0 Å². The van der Waals surface area contributed by atoms with E-state index >= 15 is 0 Å². The summed E-state index contributed by atoms with van der Waals surface area (Å²) in [7, 11) is 0. The topological polar surface area (TPSA) is 29.3 Å². The Labute approximate surface area is 61.7 Å². The number of likely N-dealkylation sites (tertiary alicyclic amines) is 1. The normalized spacial score (nSPS) is 37.7. The van der Waals surface area contributed by atoms with Crippen LogP contribution in [0.2, 0.25) is 0 Å². The lowest BCUT2D eigenvalue weighted by molar-refractivity contribution is 0.288. The van der Waals surface area contributed by atoms with Crippen molar-refractivity contribution in [1.82, 2.24) is 4.90 Å². The van der Waals surface area contributed by atoms with Gasteiger partial charge in [-0.3, -0.25) is 4.90 Å². The average Bonchev–Trinajstić information content (AvgIpc) is 2.48. The second kappa shape index (κ2) is 2.36. The van der Waals surface area contributed by atoms with Crippen LogP contribution >= 0.6 is 0 Å². The highest BCUT2D eigenvalue weighted by Gasteiger charge is 2.32. The van der Waals surface area contributed by atoms with E-state index in [1.165, 1.54) is 13.0 Å². The molecule has 10 heavy (non-hydrogen) atoms. The number of rotatable bonds is 2. The molecule has 56 valence electrons. The van der Waals surface area contributed by atoms with Crippen LogP contribution in [0.5, 0.6) is 0 Å². The van der Waals surface area contributed by atoms with Crippen LogP contribution in [-0.4, -0.2) is 30.6 Å². The summed E-state index contributed by atoms with van der Waals surface area (Å²) in [6, 6.07) is 0.730. The van der Waals surface area contributed by atoms with Crippen molar-refractivity contribution in [1.29, 1.82) is 0 Å². The summed E-state index contributed by atoms with van der Waals surface area (Å²) in [5.41, 5.74) is 5.47. The fourth-order valence-corrected chi connectivity index (χ4v) is 2.02. The molecule has 0 aromatic rings. The van der Waals surface area contributed by atoms with Gasteiger partial charge in [0.05, 0.1) is 0 Å². The summed E-state index contributed by atoms with van der Waals surface area (Å²) in [4.78, 5) is 2.48. The highest BCUT2D eigenvalue weighted by Crippen LogP contribution is 2.30. The predicted octanol–water partition coefficient (Wildman–Crippen LogP) is 0.205. The minimum atomic E-state index is 0.730. The van der Waals surface area contributed by atoms with Gasteiger partial charge in [0.25, 0.3) is 0 Å². The van der Waals surface area contributed by atoms with Crippen LogP contribution in [0.1, 0.15) is 6.42 Å². The second-order valence-corrected chi connectivity index (χ2v) is 3.23. The number of nitrogens with zero attached hydrogens (tertiary/aromatic N) is 1. The number of nitrogens with two attached hydrogens (primary N) is 1. The molecular formula is C8H14N2. The molecule has 2 heteroatoms. The number of hydrogen-bond acceptors (Lipinski definition) is 2. The molecule has 0 aromatic heterocycles. The third-order valence-corrected chi connectivity index (χ3v) is 2.50. The van der Waals surface area contributed by atoms with E-state index in [1.807, 2.05) is 0 Å². The highest BCUT2D eigenvalue weighted by atomic mass is 15.2. The molecule has 2 bridgehead atoms. The van der Waals surface area contributed by atoms with Gasteiger partial charge in [0.2, 0.25) is 0 Å². The molecule has 2 rings (SSSR count). The molecule has 1 aliphatic heterocycles. The summed E-state index contributed by atoms with van der Waals surface area (Å²) >= 11 is 0. The minimum Gasteiger partial charge on any atom is -0.329 e. The molecule has 0 saturated carbocycles. The van der Waals surface area contributed by atoms with E-state index in [2.05, 4.69) is 17.1 Å². The Balaban J connectivity index is 1.96. The smallest absolute Gasteiger partial charge is 0.0285 e. The lowest BCUT2D eigenvalue weighted by Crippen LogP contribution is -2.34. The first kappa shape index (κ1) is 6.38. The molecule has 1 fully saturated rings. The lowest BCUT2D eigenvalue weighted by atomic mass is 10.2.